The third kappa shape index (κ3) is 4.03. The van der Waals surface area contributed by atoms with Gasteiger partial charge in [-0.1, -0.05) is 30.3 Å². The summed E-state index contributed by atoms with van der Waals surface area (Å²) in [6.45, 7) is 0.359. The monoisotopic (exact) mass is 294 g/mol. The molecular weight excluding hydrogens is 276 g/mol. The number of nitrogens with one attached hydrogen (secondary N) is 1. The van der Waals surface area contributed by atoms with Gasteiger partial charge < -0.3 is 21.3 Å². The van der Waals surface area contributed by atoms with Gasteiger partial charge in [0.2, 0.25) is 11.8 Å². The summed E-state index contributed by atoms with van der Waals surface area (Å²) >= 11 is 0. The van der Waals surface area contributed by atoms with Crippen LogP contribution in [0.1, 0.15) is 12.5 Å². The van der Waals surface area contributed by atoms with Crippen LogP contribution in [0.2, 0.25) is 0 Å². The maximum Gasteiger partial charge on any atom is 0.326 e. The number of amides is 2. The highest BCUT2D eigenvalue weighted by Gasteiger charge is 2.40. The van der Waals surface area contributed by atoms with Crippen LogP contribution in [0, 0.1) is 5.41 Å². The number of carbonyl (C=O) groups excluding carboxylic acids is 2. The third-order valence-corrected chi connectivity index (χ3v) is 3.25. The van der Waals surface area contributed by atoms with Gasteiger partial charge in [0, 0.05) is 6.42 Å². The molecule has 2 amide bonds. The van der Waals surface area contributed by atoms with Gasteiger partial charge in [-0.3, -0.25) is 9.59 Å². The molecule has 5 N–H and O–H groups in total. The summed E-state index contributed by atoms with van der Waals surface area (Å²) in [6, 6.07) is 7.51. The first-order valence-corrected chi connectivity index (χ1v) is 6.29. The number of nitrogens with two attached hydrogens (primary N) is 1. The van der Waals surface area contributed by atoms with Gasteiger partial charge in [-0.15, -0.1) is 0 Å². The molecule has 0 saturated carbocycles. The topological polar surface area (TPSA) is 130 Å². The minimum Gasteiger partial charge on any atom is -0.480 e. The molecule has 114 valence electrons. The van der Waals surface area contributed by atoms with Crippen molar-refractivity contribution < 1.29 is 24.6 Å². The Morgan fingerprint density at radius 3 is 2.29 bits per heavy atom. The lowest BCUT2D eigenvalue weighted by Gasteiger charge is -2.24. The van der Waals surface area contributed by atoms with Gasteiger partial charge in [0.1, 0.15) is 11.5 Å². The lowest BCUT2D eigenvalue weighted by atomic mass is 9.89. The molecule has 0 fully saturated rings. The fourth-order valence-corrected chi connectivity index (χ4v) is 1.63. The van der Waals surface area contributed by atoms with E-state index < -0.39 is 35.8 Å². The number of carboxylic acids is 1. The van der Waals surface area contributed by atoms with Crippen molar-refractivity contribution in [2.24, 2.45) is 11.1 Å². The molecule has 1 unspecified atom stereocenters. The first-order chi connectivity index (χ1) is 9.81. The molecule has 0 aliphatic rings. The fraction of sp³-hybridized carbons (Fsp3) is 0.357. The van der Waals surface area contributed by atoms with Crippen LogP contribution in [0.4, 0.5) is 0 Å². The molecule has 21 heavy (non-hydrogen) atoms. The molecule has 1 aromatic rings. The van der Waals surface area contributed by atoms with Gasteiger partial charge in [-0.2, -0.15) is 0 Å². The van der Waals surface area contributed by atoms with Crippen LogP contribution >= 0.6 is 0 Å². The number of aliphatic carboxylic acids is 1. The van der Waals surface area contributed by atoms with Gasteiger partial charge in [-0.25, -0.2) is 4.79 Å². The first-order valence-electron chi connectivity index (χ1n) is 6.29. The van der Waals surface area contributed by atoms with Gasteiger partial charge in [-0.05, 0) is 12.5 Å². The number of carboxylic acid groups (broad SMARTS) is 1. The van der Waals surface area contributed by atoms with E-state index in [1.165, 1.54) is 0 Å². The minimum atomic E-state index is -1.86. The lowest BCUT2D eigenvalue weighted by molar-refractivity contribution is -0.148. The van der Waals surface area contributed by atoms with Crippen molar-refractivity contribution in [3.05, 3.63) is 35.9 Å². The van der Waals surface area contributed by atoms with Crippen molar-refractivity contribution in [2.45, 2.75) is 19.4 Å². The number of carbonyl (C=O) groups is 3. The fourth-order valence-electron chi connectivity index (χ4n) is 1.63. The Labute approximate surface area is 121 Å². The second-order valence-corrected chi connectivity index (χ2v) is 4.91. The zero-order chi connectivity index (χ0) is 16.0. The summed E-state index contributed by atoms with van der Waals surface area (Å²) in [5.74, 6) is -3.18. The maximum absolute atomic E-state index is 12.0. The Morgan fingerprint density at radius 1 is 1.29 bits per heavy atom. The van der Waals surface area contributed by atoms with Crippen LogP contribution in [-0.4, -0.2) is 40.6 Å². The molecule has 2 atom stereocenters. The zero-order valence-electron chi connectivity index (χ0n) is 11.6. The molecule has 0 bridgehead atoms. The van der Waals surface area contributed by atoms with E-state index in [1.54, 1.807) is 30.3 Å². The Kier molecular flexibility index (Phi) is 5.43. The molecular formula is C14H18N2O5. The molecule has 0 heterocycles. The highest BCUT2D eigenvalue weighted by Crippen LogP contribution is 2.15. The van der Waals surface area contributed by atoms with E-state index in [2.05, 4.69) is 5.32 Å². The highest BCUT2D eigenvalue weighted by molar-refractivity contribution is 6.05. The van der Waals surface area contributed by atoms with E-state index in [0.29, 0.717) is 0 Å². The number of aliphatic hydroxyl groups excluding tert-OH is 1. The molecule has 1 aromatic carbocycles. The van der Waals surface area contributed by atoms with E-state index >= 15 is 0 Å². The second-order valence-electron chi connectivity index (χ2n) is 4.91. The van der Waals surface area contributed by atoms with Gasteiger partial charge in [0.05, 0.1) is 6.61 Å². The molecule has 7 nitrogen and oxygen atoms in total. The maximum atomic E-state index is 12.0. The van der Waals surface area contributed by atoms with E-state index in [9.17, 15) is 14.4 Å². The largest absolute Gasteiger partial charge is 0.480 e. The standard InChI is InChI=1S/C14H18N2O5/c1-14(8-17,12(15)20)13(21)16-10(11(18)19)7-9-5-3-2-4-6-9/h2-6,10,17H,7-8H2,1H3,(H2,15,20)(H,16,21)(H,18,19)/t10-,14?/m0/s1. The Hall–Kier alpha value is -2.41. The molecule has 0 aliphatic heterocycles. The summed E-state index contributed by atoms with van der Waals surface area (Å²) in [4.78, 5) is 34.5. The highest BCUT2D eigenvalue weighted by atomic mass is 16.4. The van der Waals surface area contributed by atoms with Crippen molar-refractivity contribution in [1.29, 1.82) is 0 Å². The van der Waals surface area contributed by atoms with Crippen LogP contribution in [-0.2, 0) is 20.8 Å². The number of aliphatic hydroxyl groups is 1. The van der Waals surface area contributed by atoms with E-state index in [-0.39, 0.29) is 6.42 Å². The smallest absolute Gasteiger partial charge is 0.326 e. The number of hydrogen-bond donors (Lipinski definition) is 4. The van der Waals surface area contributed by atoms with Crippen LogP contribution in [0.15, 0.2) is 30.3 Å². The quantitative estimate of drug-likeness (QED) is 0.493. The van der Waals surface area contributed by atoms with Crippen LogP contribution in [0.3, 0.4) is 0 Å². The van der Waals surface area contributed by atoms with Gasteiger partial charge in [0.15, 0.2) is 0 Å². The number of primary amides is 1. The third-order valence-electron chi connectivity index (χ3n) is 3.25. The molecule has 0 saturated heterocycles. The Balaban J connectivity index is 2.87. The zero-order valence-corrected chi connectivity index (χ0v) is 11.6. The van der Waals surface area contributed by atoms with Crippen molar-refractivity contribution in [1.82, 2.24) is 5.32 Å². The van der Waals surface area contributed by atoms with Crippen molar-refractivity contribution in [3.63, 3.8) is 0 Å². The molecule has 1 rings (SSSR count). The summed E-state index contributed by atoms with van der Waals surface area (Å²) in [6.07, 6.45) is 0.0577. The number of rotatable bonds is 7. The lowest BCUT2D eigenvalue weighted by Crippen LogP contribution is -2.54. The van der Waals surface area contributed by atoms with Crippen LogP contribution in [0.25, 0.3) is 0 Å². The second kappa shape index (κ2) is 6.85. The Bertz CT molecular complexity index is 531. The van der Waals surface area contributed by atoms with Crippen LogP contribution in [0.5, 0.6) is 0 Å². The Morgan fingerprint density at radius 2 is 1.86 bits per heavy atom. The average molecular weight is 294 g/mol. The normalized spacial score (nSPS) is 14.8. The molecule has 0 radical (unpaired) electrons. The van der Waals surface area contributed by atoms with Crippen molar-refractivity contribution in [3.8, 4) is 0 Å². The van der Waals surface area contributed by atoms with E-state index in [1.807, 2.05) is 0 Å². The van der Waals surface area contributed by atoms with Crippen molar-refractivity contribution >= 4 is 17.8 Å². The number of hydrogen-bond acceptors (Lipinski definition) is 4. The van der Waals surface area contributed by atoms with E-state index in [4.69, 9.17) is 15.9 Å². The summed E-state index contributed by atoms with van der Waals surface area (Å²) in [5.41, 5.74) is 3.94. The molecule has 7 heteroatoms. The van der Waals surface area contributed by atoms with Gasteiger partial charge >= 0.3 is 5.97 Å². The van der Waals surface area contributed by atoms with Crippen LogP contribution < -0.4 is 11.1 Å². The summed E-state index contributed by atoms with van der Waals surface area (Å²) in [5, 5.41) is 20.6. The SMILES string of the molecule is CC(CO)(C(N)=O)C(=O)N[C@@H](Cc1ccccc1)C(=O)O. The first kappa shape index (κ1) is 16.6. The molecule has 0 aliphatic carbocycles. The predicted octanol–water partition coefficient (Wildman–Crippen LogP) is -0.718. The summed E-state index contributed by atoms with van der Waals surface area (Å²) < 4.78 is 0. The van der Waals surface area contributed by atoms with Crippen molar-refractivity contribution in [2.75, 3.05) is 6.61 Å². The van der Waals surface area contributed by atoms with E-state index in [0.717, 1.165) is 12.5 Å². The average Bonchev–Trinajstić information content (AvgIpc) is 2.46. The molecule has 0 aromatic heterocycles. The predicted molar refractivity (Wildman–Crippen MR) is 74.1 cm³/mol. The number of benzene rings is 1. The minimum absolute atomic E-state index is 0.0577. The molecule has 0 spiro atoms. The van der Waals surface area contributed by atoms with Gasteiger partial charge in [0.25, 0.3) is 0 Å². The summed E-state index contributed by atoms with van der Waals surface area (Å²) in [7, 11) is 0.